The van der Waals surface area contributed by atoms with E-state index in [0.29, 0.717) is 6.04 Å². The van der Waals surface area contributed by atoms with E-state index in [1.807, 2.05) is 0 Å². The fourth-order valence-corrected chi connectivity index (χ4v) is 1.56. The van der Waals surface area contributed by atoms with E-state index in [1.54, 1.807) is 0 Å². The number of ether oxygens (including phenoxy) is 1. The summed E-state index contributed by atoms with van der Waals surface area (Å²) in [7, 11) is 0. The highest BCUT2D eigenvalue weighted by molar-refractivity contribution is 4.72. The summed E-state index contributed by atoms with van der Waals surface area (Å²) in [5, 5.41) is 3.03. The first-order valence-corrected chi connectivity index (χ1v) is 4.52. The quantitative estimate of drug-likeness (QED) is 0.696. The number of alkyl halides is 3. The van der Waals surface area contributed by atoms with E-state index in [1.165, 1.54) is 12.8 Å². The lowest BCUT2D eigenvalue weighted by Crippen LogP contribution is -2.31. The zero-order chi connectivity index (χ0) is 9.73. The molecule has 2 nitrogen and oxygen atoms in total. The molecule has 0 spiro atoms. The van der Waals surface area contributed by atoms with Crippen LogP contribution in [0.3, 0.4) is 0 Å². The Balaban J connectivity index is 1.94. The molecule has 0 heterocycles. The van der Waals surface area contributed by atoms with Crippen LogP contribution < -0.4 is 5.32 Å². The Morgan fingerprint density at radius 1 is 1.23 bits per heavy atom. The molecule has 0 aromatic rings. The van der Waals surface area contributed by atoms with E-state index in [4.69, 9.17) is 0 Å². The summed E-state index contributed by atoms with van der Waals surface area (Å²) in [4.78, 5) is 0. The van der Waals surface area contributed by atoms with Gasteiger partial charge in [-0.1, -0.05) is 12.8 Å². The molecule has 0 amide bonds. The minimum atomic E-state index is -4.49. The molecule has 1 saturated carbocycles. The number of hydrogen-bond donors (Lipinski definition) is 1. The van der Waals surface area contributed by atoms with Gasteiger partial charge in [-0.25, -0.2) is 0 Å². The predicted molar refractivity (Wildman–Crippen MR) is 42.3 cm³/mol. The molecule has 0 aromatic heterocycles. The highest BCUT2D eigenvalue weighted by Crippen LogP contribution is 2.18. The molecule has 1 fully saturated rings. The monoisotopic (exact) mass is 197 g/mol. The Hall–Kier alpha value is -0.290. The first kappa shape index (κ1) is 10.8. The van der Waals surface area contributed by atoms with E-state index >= 15 is 0 Å². The molecule has 0 radical (unpaired) electrons. The zero-order valence-corrected chi connectivity index (χ0v) is 7.36. The average Bonchev–Trinajstić information content (AvgIpc) is 2.48. The van der Waals surface area contributed by atoms with Crippen molar-refractivity contribution in [2.24, 2.45) is 0 Å². The molecule has 13 heavy (non-hydrogen) atoms. The summed E-state index contributed by atoms with van der Waals surface area (Å²) in [6, 6.07) is 0.400. The van der Waals surface area contributed by atoms with Crippen molar-refractivity contribution in [3.05, 3.63) is 0 Å². The van der Waals surface area contributed by atoms with Gasteiger partial charge in [-0.05, 0) is 12.8 Å². The van der Waals surface area contributed by atoms with Crippen LogP contribution in [0, 0.1) is 0 Å². The summed E-state index contributed by atoms with van der Waals surface area (Å²) >= 11 is 0. The zero-order valence-electron chi connectivity index (χ0n) is 7.36. The normalized spacial score (nSPS) is 19.6. The van der Waals surface area contributed by atoms with Crippen LogP contribution in [0.2, 0.25) is 0 Å². The van der Waals surface area contributed by atoms with Crippen LogP contribution in [0.25, 0.3) is 0 Å². The lowest BCUT2D eigenvalue weighted by Gasteiger charge is -2.12. The highest BCUT2D eigenvalue weighted by Gasteiger charge is 2.28. The number of nitrogens with one attached hydrogen (secondary N) is 1. The van der Waals surface area contributed by atoms with Crippen molar-refractivity contribution in [3.8, 4) is 0 Å². The van der Waals surface area contributed by atoms with Crippen LogP contribution >= 0.6 is 0 Å². The van der Waals surface area contributed by atoms with Crippen molar-refractivity contribution >= 4 is 0 Å². The van der Waals surface area contributed by atoms with Crippen molar-refractivity contribution in [1.29, 1.82) is 0 Å². The van der Waals surface area contributed by atoms with E-state index in [9.17, 15) is 13.2 Å². The molecule has 1 N–H and O–H groups in total. The molecular formula is C8H14F3NO. The first-order valence-electron chi connectivity index (χ1n) is 4.52. The van der Waals surface area contributed by atoms with Crippen molar-refractivity contribution in [3.63, 3.8) is 0 Å². The van der Waals surface area contributed by atoms with Gasteiger partial charge in [0.1, 0.15) is 0 Å². The molecule has 1 aliphatic carbocycles. The fourth-order valence-electron chi connectivity index (χ4n) is 1.56. The van der Waals surface area contributed by atoms with E-state index in [2.05, 4.69) is 10.1 Å². The van der Waals surface area contributed by atoms with E-state index < -0.39 is 6.36 Å². The highest BCUT2D eigenvalue weighted by atomic mass is 19.4. The minimum absolute atomic E-state index is 0.282. The Morgan fingerprint density at radius 3 is 2.38 bits per heavy atom. The van der Waals surface area contributed by atoms with Gasteiger partial charge in [-0.3, -0.25) is 4.74 Å². The third-order valence-electron chi connectivity index (χ3n) is 2.16. The molecule has 0 aromatic carbocycles. The Bertz CT molecular complexity index is 143. The number of halogens is 3. The summed E-state index contributed by atoms with van der Waals surface area (Å²) in [5.41, 5.74) is 0. The molecular weight excluding hydrogens is 183 g/mol. The smallest absolute Gasteiger partial charge is 0.312 e. The van der Waals surface area contributed by atoms with Gasteiger partial charge < -0.3 is 5.32 Å². The van der Waals surface area contributed by atoms with Crippen molar-refractivity contribution < 1.29 is 17.9 Å². The lowest BCUT2D eigenvalue weighted by molar-refractivity contribution is -0.323. The molecule has 0 atom stereocenters. The molecule has 0 unspecified atom stereocenters. The van der Waals surface area contributed by atoms with Gasteiger partial charge in [-0.2, -0.15) is 0 Å². The van der Waals surface area contributed by atoms with Gasteiger partial charge in [0.2, 0.25) is 0 Å². The maximum Gasteiger partial charge on any atom is 0.522 e. The van der Waals surface area contributed by atoms with Gasteiger partial charge >= 0.3 is 6.36 Å². The molecule has 0 bridgehead atoms. The minimum Gasteiger partial charge on any atom is -0.312 e. The number of rotatable bonds is 4. The van der Waals surface area contributed by atoms with Crippen LogP contribution in [-0.2, 0) is 4.74 Å². The Kier molecular flexibility index (Phi) is 3.99. The summed E-state index contributed by atoms with van der Waals surface area (Å²) in [6.45, 7) is -0.00975. The second-order valence-corrected chi connectivity index (χ2v) is 3.23. The van der Waals surface area contributed by atoms with Crippen molar-refractivity contribution in [1.82, 2.24) is 5.32 Å². The summed E-state index contributed by atoms with van der Waals surface area (Å²) in [5.74, 6) is 0. The summed E-state index contributed by atoms with van der Waals surface area (Å²) in [6.07, 6.45) is 0.0188. The van der Waals surface area contributed by atoms with Crippen LogP contribution in [0.1, 0.15) is 25.7 Å². The fraction of sp³-hybridized carbons (Fsp3) is 1.00. The molecule has 5 heteroatoms. The molecule has 1 rings (SSSR count). The van der Waals surface area contributed by atoms with Gasteiger partial charge in [0.25, 0.3) is 0 Å². The van der Waals surface area contributed by atoms with E-state index in [-0.39, 0.29) is 13.2 Å². The molecule has 78 valence electrons. The number of hydrogen-bond acceptors (Lipinski definition) is 2. The first-order chi connectivity index (χ1) is 6.08. The van der Waals surface area contributed by atoms with Gasteiger partial charge in [0.05, 0.1) is 6.61 Å². The lowest BCUT2D eigenvalue weighted by atomic mass is 10.2. The topological polar surface area (TPSA) is 21.3 Å². The second kappa shape index (κ2) is 4.81. The summed E-state index contributed by atoms with van der Waals surface area (Å²) < 4.78 is 38.1. The second-order valence-electron chi connectivity index (χ2n) is 3.23. The SMILES string of the molecule is FC(F)(F)OCCNC1CCCC1. The maximum atomic E-state index is 11.5. The largest absolute Gasteiger partial charge is 0.522 e. The Morgan fingerprint density at radius 2 is 1.85 bits per heavy atom. The molecule has 0 aliphatic heterocycles. The van der Waals surface area contributed by atoms with Crippen LogP contribution in [-0.4, -0.2) is 25.6 Å². The Labute approximate surface area is 75.4 Å². The van der Waals surface area contributed by atoms with Gasteiger partial charge in [0.15, 0.2) is 0 Å². The van der Waals surface area contributed by atoms with Crippen molar-refractivity contribution in [2.75, 3.05) is 13.2 Å². The van der Waals surface area contributed by atoms with Crippen LogP contribution in [0.4, 0.5) is 13.2 Å². The standard InChI is InChI=1S/C8H14F3NO/c9-8(10,11)13-6-5-12-7-3-1-2-4-7/h7,12H,1-6H2. The van der Waals surface area contributed by atoms with Gasteiger partial charge in [0, 0.05) is 12.6 Å². The maximum absolute atomic E-state index is 11.5. The van der Waals surface area contributed by atoms with Crippen molar-refractivity contribution in [2.45, 2.75) is 38.1 Å². The average molecular weight is 197 g/mol. The molecule has 1 aliphatic rings. The predicted octanol–water partition coefficient (Wildman–Crippen LogP) is 2.05. The van der Waals surface area contributed by atoms with Gasteiger partial charge in [-0.15, -0.1) is 13.2 Å². The third kappa shape index (κ3) is 5.10. The molecule has 0 saturated heterocycles. The van der Waals surface area contributed by atoms with Crippen LogP contribution in [0.15, 0.2) is 0 Å². The third-order valence-corrected chi connectivity index (χ3v) is 2.16. The van der Waals surface area contributed by atoms with E-state index in [0.717, 1.165) is 12.8 Å². The van der Waals surface area contributed by atoms with Crippen LogP contribution in [0.5, 0.6) is 0 Å².